The Kier molecular flexibility index (Phi) is 3.35. The molecule has 0 atom stereocenters. The van der Waals surface area contributed by atoms with E-state index in [0.29, 0.717) is 0 Å². The van der Waals surface area contributed by atoms with E-state index in [1.54, 1.807) is 11.3 Å². The molecule has 1 saturated carbocycles. The van der Waals surface area contributed by atoms with E-state index < -0.39 is 0 Å². The minimum Gasteiger partial charge on any atom is -0.293 e. The van der Waals surface area contributed by atoms with Crippen molar-refractivity contribution in [3.8, 4) is 0 Å². The van der Waals surface area contributed by atoms with Gasteiger partial charge in [-0.15, -0.1) is 11.3 Å². The van der Waals surface area contributed by atoms with Crippen LogP contribution in [0, 0.1) is 0 Å². The Labute approximate surface area is 91.1 Å². The summed E-state index contributed by atoms with van der Waals surface area (Å²) in [5, 5.41) is 4.36. The summed E-state index contributed by atoms with van der Waals surface area (Å²) in [7, 11) is 0. The first-order chi connectivity index (χ1) is 6.40. The van der Waals surface area contributed by atoms with E-state index in [1.165, 1.54) is 17.8 Å². The zero-order valence-electron chi connectivity index (χ0n) is 7.45. The first-order valence-electron chi connectivity index (χ1n) is 4.58. The summed E-state index contributed by atoms with van der Waals surface area (Å²) < 4.78 is 0. The van der Waals surface area contributed by atoms with Gasteiger partial charge in [-0.25, -0.2) is 4.98 Å². The fraction of sp³-hybridized carbons (Fsp3) is 0.667. The number of hydrogen-bond donors (Lipinski definition) is 0. The van der Waals surface area contributed by atoms with E-state index >= 15 is 0 Å². The van der Waals surface area contributed by atoms with Crippen LogP contribution < -0.4 is 0 Å². The average Bonchev–Trinajstić information content (AvgIpc) is 2.85. The monoisotopic (exact) mass is 260 g/mol. The van der Waals surface area contributed by atoms with Crippen LogP contribution in [-0.2, 0) is 6.54 Å². The number of hydrogen-bond acceptors (Lipinski definition) is 3. The van der Waals surface area contributed by atoms with Gasteiger partial charge in [-0.05, 0) is 12.8 Å². The Morgan fingerprint density at radius 1 is 1.62 bits per heavy atom. The number of aromatic nitrogens is 1. The van der Waals surface area contributed by atoms with Crippen LogP contribution in [0.5, 0.6) is 0 Å². The number of alkyl halides is 1. The van der Waals surface area contributed by atoms with Crippen LogP contribution >= 0.6 is 27.3 Å². The molecular formula is C9H13BrN2S. The predicted octanol–water partition coefficient (Wildman–Crippen LogP) is 2.50. The molecule has 0 N–H and O–H groups in total. The Bertz CT molecular complexity index is 246. The van der Waals surface area contributed by atoms with E-state index in [4.69, 9.17) is 0 Å². The Morgan fingerprint density at radius 3 is 3.00 bits per heavy atom. The third-order valence-electron chi connectivity index (χ3n) is 2.26. The third-order valence-corrected chi connectivity index (χ3v) is 3.38. The van der Waals surface area contributed by atoms with Crippen molar-refractivity contribution in [2.24, 2.45) is 0 Å². The Hall–Kier alpha value is 0.0700. The minimum atomic E-state index is 0.835. The molecule has 0 saturated heterocycles. The van der Waals surface area contributed by atoms with Crippen LogP contribution in [0.4, 0.5) is 0 Å². The molecule has 72 valence electrons. The lowest BCUT2D eigenvalue weighted by molar-refractivity contribution is 0.272. The summed E-state index contributed by atoms with van der Waals surface area (Å²) in [4.78, 5) is 6.83. The summed E-state index contributed by atoms with van der Waals surface area (Å²) in [5.74, 6) is 0. The normalized spacial score (nSPS) is 16.8. The fourth-order valence-corrected chi connectivity index (χ4v) is 2.54. The molecule has 1 fully saturated rings. The van der Waals surface area contributed by atoms with Gasteiger partial charge in [-0.2, -0.15) is 0 Å². The number of rotatable bonds is 5. The van der Waals surface area contributed by atoms with Crippen molar-refractivity contribution in [2.75, 3.05) is 11.9 Å². The van der Waals surface area contributed by atoms with Gasteiger partial charge in [-0.1, -0.05) is 15.9 Å². The topological polar surface area (TPSA) is 16.1 Å². The molecule has 0 radical (unpaired) electrons. The van der Waals surface area contributed by atoms with Gasteiger partial charge in [0.05, 0.1) is 6.54 Å². The summed E-state index contributed by atoms with van der Waals surface area (Å²) in [5.41, 5.74) is 0. The van der Waals surface area contributed by atoms with Crippen molar-refractivity contribution in [2.45, 2.75) is 25.4 Å². The summed E-state index contributed by atoms with van der Waals surface area (Å²) in [6.07, 6.45) is 4.63. The van der Waals surface area contributed by atoms with Crippen LogP contribution in [0.3, 0.4) is 0 Å². The lowest BCUT2D eigenvalue weighted by Crippen LogP contribution is -2.27. The molecule has 0 bridgehead atoms. The molecule has 2 rings (SSSR count). The second-order valence-electron chi connectivity index (χ2n) is 3.32. The summed E-state index contributed by atoms with van der Waals surface area (Å²) in [6.45, 7) is 2.18. The molecule has 0 spiro atoms. The molecule has 1 aromatic rings. The molecular weight excluding hydrogens is 248 g/mol. The molecule has 13 heavy (non-hydrogen) atoms. The maximum absolute atomic E-state index is 4.31. The van der Waals surface area contributed by atoms with Crippen molar-refractivity contribution >= 4 is 27.3 Å². The molecule has 0 aromatic carbocycles. The zero-order valence-corrected chi connectivity index (χ0v) is 9.85. The van der Waals surface area contributed by atoms with E-state index in [0.717, 1.165) is 24.5 Å². The molecule has 2 nitrogen and oxygen atoms in total. The number of thiazole rings is 1. The first-order valence-corrected chi connectivity index (χ1v) is 6.58. The molecule has 1 aliphatic carbocycles. The maximum atomic E-state index is 4.31. The Morgan fingerprint density at radius 2 is 2.46 bits per heavy atom. The lowest BCUT2D eigenvalue weighted by atomic mass is 10.4. The van der Waals surface area contributed by atoms with Gasteiger partial charge in [-0.3, -0.25) is 4.90 Å². The van der Waals surface area contributed by atoms with E-state index in [-0.39, 0.29) is 0 Å². The van der Waals surface area contributed by atoms with Gasteiger partial charge in [0, 0.05) is 29.5 Å². The van der Waals surface area contributed by atoms with Crippen molar-refractivity contribution in [1.29, 1.82) is 0 Å². The zero-order chi connectivity index (χ0) is 9.10. The molecule has 0 unspecified atom stereocenters. The SMILES string of the molecule is BrCCN(Cc1nccs1)C1CC1. The van der Waals surface area contributed by atoms with Crippen LogP contribution in [0.25, 0.3) is 0 Å². The average molecular weight is 261 g/mol. The van der Waals surface area contributed by atoms with Crippen LogP contribution in [0.1, 0.15) is 17.8 Å². The van der Waals surface area contributed by atoms with Crippen molar-refractivity contribution in [3.63, 3.8) is 0 Å². The molecule has 0 aliphatic heterocycles. The van der Waals surface area contributed by atoms with Crippen molar-refractivity contribution in [1.82, 2.24) is 9.88 Å². The summed E-state index contributed by atoms with van der Waals surface area (Å²) >= 11 is 5.25. The standard InChI is InChI=1S/C9H13BrN2S/c10-3-5-12(8-1-2-8)7-9-11-4-6-13-9/h4,6,8H,1-3,5,7H2. The van der Waals surface area contributed by atoms with Crippen molar-refractivity contribution in [3.05, 3.63) is 16.6 Å². The Balaban J connectivity index is 1.89. The van der Waals surface area contributed by atoms with E-state index in [9.17, 15) is 0 Å². The second-order valence-corrected chi connectivity index (χ2v) is 5.09. The predicted molar refractivity (Wildman–Crippen MR) is 59.3 cm³/mol. The van der Waals surface area contributed by atoms with Gasteiger partial charge < -0.3 is 0 Å². The van der Waals surface area contributed by atoms with Gasteiger partial charge in [0.1, 0.15) is 5.01 Å². The lowest BCUT2D eigenvalue weighted by Gasteiger charge is -2.18. The molecule has 1 aliphatic rings. The smallest absolute Gasteiger partial charge is 0.107 e. The molecule has 1 heterocycles. The van der Waals surface area contributed by atoms with Gasteiger partial charge in [0.25, 0.3) is 0 Å². The molecule has 4 heteroatoms. The van der Waals surface area contributed by atoms with E-state index in [1.807, 2.05) is 6.20 Å². The van der Waals surface area contributed by atoms with Gasteiger partial charge in [0.2, 0.25) is 0 Å². The highest BCUT2D eigenvalue weighted by molar-refractivity contribution is 9.09. The number of halogens is 1. The largest absolute Gasteiger partial charge is 0.293 e. The highest BCUT2D eigenvalue weighted by atomic mass is 79.9. The van der Waals surface area contributed by atoms with Gasteiger partial charge >= 0.3 is 0 Å². The second kappa shape index (κ2) is 4.53. The van der Waals surface area contributed by atoms with Crippen LogP contribution in [0.2, 0.25) is 0 Å². The van der Waals surface area contributed by atoms with Gasteiger partial charge in [0.15, 0.2) is 0 Å². The van der Waals surface area contributed by atoms with Crippen molar-refractivity contribution < 1.29 is 0 Å². The molecule has 0 amide bonds. The fourth-order valence-electron chi connectivity index (χ4n) is 1.44. The number of nitrogens with zero attached hydrogens (tertiary/aromatic N) is 2. The highest BCUT2D eigenvalue weighted by Crippen LogP contribution is 2.28. The van der Waals surface area contributed by atoms with Crippen LogP contribution in [-0.4, -0.2) is 27.8 Å². The van der Waals surface area contributed by atoms with Crippen LogP contribution in [0.15, 0.2) is 11.6 Å². The maximum Gasteiger partial charge on any atom is 0.107 e. The highest BCUT2D eigenvalue weighted by Gasteiger charge is 2.28. The van der Waals surface area contributed by atoms with E-state index in [2.05, 4.69) is 31.2 Å². The quantitative estimate of drug-likeness (QED) is 0.757. The third kappa shape index (κ3) is 2.76. The minimum absolute atomic E-state index is 0.835. The first kappa shape index (κ1) is 9.62. The molecule has 1 aromatic heterocycles. The summed E-state index contributed by atoms with van der Waals surface area (Å²) in [6, 6.07) is 0.835.